The molecule has 0 fully saturated rings. The molecule has 3 heteroatoms. The average Bonchev–Trinajstić information content (AvgIpc) is 2.16. The van der Waals surface area contributed by atoms with Crippen molar-refractivity contribution in [2.75, 3.05) is 0 Å². The first kappa shape index (κ1) is 17.3. The Labute approximate surface area is 117 Å². The van der Waals surface area contributed by atoms with E-state index in [1.54, 1.807) is 0 Å². The Morgan fingerprint density at radius 2 is 1.50 bits per heavy atom. The van der Waals surface area contributed by atoms with Crippen LogP contribution in [0.2, 0.25) is 0 Å². The van der Waals surface area contributed by atoms with E-state index in [1.165, 1.54) is 16.7 Å². The molecule has 0 N–H and O–H groups in total. The predicted octanol–water partition coefficient (Wildman–Crippen LogP) is 4.69. The van der Waals surface area contributed by atoms with Gasteiger partial charge in [0.2, 0.25) is 0 Å². The summed E-state index contributed by atoms with van der Waals surface area (Å²) in [6.45, 7) is 10.9. The van der Waals surface area contributed by atoms with Crippen LogP contribution < -0.4 is 0 Å². The Balaban J connectivity index is 0. The van der Waals surface area contributed by atoms with Crippen molar-refractivity contribution in [2.45, 2.75) is 34.6 Å². The summed E-state index contributed by atoms with van der Waals surface area (Å²) in [5.41, 5.74) is 4.39. The van der Waals surface area contributed by atoms with E-state index in [-0.39, 0.29) is 31.6 Å². The molecule has 0 bridgehead atoms. The van der Waals surface area contributed by atoms with Crippen molar-refractivity contribution in [3.63, 3.8) is 0 Å². The SMILES string of the molecule is CC1=[C-]C(C)(C)C(C)=C1C.Cl[CH-]Cl.[Zr+2]. The van der Waals surface area contributed by atoms with Crippen LogP contribution in [0.3, 0.4) is 0 Å². The fourth-order valence-corrected chi connectivity index (χ4v) is 1.41. The molecule has 1 rings (SSSR count). The Kier molecular flexibility index (Phi) is 8.99. The molecule has 0 heterocycles. The topological polar surface area (TPSA) is 0 Å². The molecule has 0 radical (unpaired) electrons. The second-order valence-electron chi connectivity index (χ2n) is 3.71. The van der Waals surface area contributed by atoms with Crippen LogP contribution in [0.1, 0.15) is 34.6 Å². The largest absolute Gasteiger partial charge is 2.00 e. The van der Waals surface area contributed by atoms with Gasteiger partial charge in [0, 0.05) is 0 Å². The predicted molar refractivity (Wildman–Crippen MR) is 60.6 cm³/mol. The van der Waals surface area contributed by atoms with Crippen LogP contribution in [-0.2, 0) is 26.2 Å². The minimum absolute atomic E-state index is 0. The number of hydrogen-bond donors (Lipinski definition) is 0. The molecule has 0 saturated carbocycles. The van der Waals surface area contributed by atoms with Crippen LogP contribution >= 0.6 is 23.2 Å². The fraction of sp³-hybridized carbons (Fsp3) is 0.545. The fourth-order valence-electron chi connectivity index (χ4n) is 1.41. The van der Waals surface area contributed by atoms with Gasteiger partial charge in [-0.2, -0.15) is 16.5 Å². The van der Waals surface area contributed by atoms with E-state index in [2.05, 4.69) is 63.9 Å². The Morgan fingerprint density at radius 1 is 1.14 bits per heavy atom. The summed E-state index contributed by atoms with van der Waals surface area (Å²) in [4.78, 5) is 0. The molecule has 0 atom stereocenters. The van der Waals surface area contributed by atoms with Gasteiger partial charge in [-0.25, -0.2) is 5.57 Å². The van der Waals surface area contributed by atoms with Crippen LogP contribution in [0.25, 0.3) is 0 Å². The molecule has 0 amide bonds. The third kappa shape index (κ3) is 4.64. The first-order chi connectivity index (χ1) is 5.86. The third-order valence-corrected chi connectivity index (χ3v) is 2.56. The van der Waals surface area contributed by atoms with E-state index in [4.69, 9.17) is 0 Å². The van der Waals surface area contributed by atoms with Gasteiger partial charge in [0.25, 0.3) is 0 Å². The second kappa shape index (κ2) is 7.26. The summed E-state index contributed by atoms with van der Waals surface area (Å²) in [6, 6.07) is 0. The van der Waals surface area contributed by atoms with E-state index in [0.29, 0.717) is 0 Å². The molecule has 1 aliphatic rings. The molecule has 0 aliphatic heterocycles. The van der Waals surface area contributed by atoms with Crippen molar-refractivity contribution >= 4 is 23.2 Å². The zero-order valence-electron chi connectivity index (χ0n) is 9.33. The van der Waals surface area contributed by atoms with Gasteiger partial charge in [0.15, 0.2) is 0 Å². The first-order valence-electron chi connectivity index (χ1n) is 4.19. The van der Waals surface area contributed by atoms with Gasteiger partial charge in [-0.15, -0.1) is 6.92 Å². The van der Waals surface area contributed by atoms with Crippen LogP contribution in [0, 0.1) is 16.8 Å². The summed E-state index contributed by atoms with van der Waals surface area (Å²) < 4.78 is 0. The number of hydrogen-bond acceptors (Lipinski definition) is 0. The molecular weight excluding hydrogens is 294 g/mol. The molecule has 0 nitrogen and oxygen atoms in total. The van der Waals surface area contributed by atoms with Gasteiger partial charge in [0.1, 0.15) is 0 Å². The quantitative estimate of drug-likeness (QED) is 0.569. The summed E-state index contributed by atoms with van der Waals surface area (Å²) in [6.07, 6.45) is 3.44. The van der Waals surface area contributed by atoms with E-state index >= 15 is 0 Å². The molecular formula is C11H16Cl2Zr. The van der Waals surface area contributed by atoms with Gasteiger partial charge in [-0.1, -0.05) is 33.1 Å². The maximum atomic E-state index is 4.64. The molecule has 0 aromatic heterocycles. The van der Waals surface area contributed by atoms with Crippen LogP contribution in [0.15, 0.2) is 16.7 Å². The van der Waals surface area contributed by atoms with Gasteiger partial charge in [0.05, 0.1) is 0 Å². The van der Waals surface area contributed by atoms with Crippen molar-refractivity contribution in [2.24, 2.45) is 5.41 Å². The number of halogens is 2. The first-order valence-corrected chi connectivity index (χ1v) is 5.06. The van der Waals surface area contributed by atoms with Crippen molar-refractivity contribution in [3.8, 4) is 0 Å². The third-order valence-electron chi connectivity index (χ3n) is 2.56. The molecule has 0 unspecified atom stereocenters. The normalized spacial score (nSPS) is 18.1. The maximum Gasteiger partial charge on any atom is 2.00 e. The molecule has 1 aliphatic carbocycles. The minimum atomic E-state index is 0. The zero-order valence-corrected chi connectivity index (χ0v) is 13.3. The summed E-state index contributed by atoms with van der Waals surface area (Å²) in [7, 11) is 0. The average molecular weight is 310 g/mol. The molecule has 0 aromatic carbocycles. The number of rotatable bonds is 0. The van der Waals surface area contributed by atoms with E-state index in [0.717, 1.165) is 5.34 Å². The monoisotopic (exact) mass is 308 g/mol. The standard InChI is InChI=1S/C10H15.CHCl2.Zr/c1-7-6-10(4,5)9(3)8(7)2;2-1-3;/h1-5H3;1H;/q2*-1;+2. The van der Waals surface area contributed by atoms with Crippen molar-refractivity contribution < 1.29 is 26.2 Å². The number of allylic oxidation sites excluding steroid dienone is 4. The molecule has 0 aromatic rings. The van der Waals surface area contributed by atoms with Gasteiger partial charge < -0.3 is 23.2 Å². The molecule has 78 valence electrons. The van der Waals surface area contributed by atoms with Crippen LogP contribution in [0.5, 0.6) is 0 Å². The second-order valence-corrected chi connectivity index (χ2v) is 4.37. The Morgan fingerprint density at radius 3 is 1.57 bits per heavy atom. The molecule has 14 heavy (non-hydrogen) atoms. The zero-order chi connectivity index (χ0) is 10.6. The maximum absolute atomic E-state index is 4.64. The van der Waals surface area contributed by atoms with Crippen molar-refractivity contribution in [3.05, 3.63) is 28.1 Å². The van der Waals surface area contributed by atoms with E-state index in [9.17, 15) is 0 Å². The summed E-state index contributed by atoms with van der Waals surface area (Å²) in [5.74, 6) is 0. The van der Waals surface area contributed by atoms with Gasteiger partial charge in [-0.3, -0.25) is 6.08 Å². The minimum Gasteiger partial charge on any atom is -0.333 e. The van der Waals surface area contributed by atoms with Crippen LogP contribution in [0.4, 0.5) is 0 Å². The van der Waals surface area contributed by atoms with Gasteiger partial charge in [-0.05, 0) is 0 Å². The molecule has 0 saturated heterocycles. The Bertz CT molecular complexity index is 240. The van der Waals surface area contributed by atoms with Gasteiger partial charge >= 0.3 is 26.2 Å². The molecule has 0 spiro atoms. The van der Waals surface area contributed by atoms with Crippen LogP contribution in [-0.4, -0.2) is 0 Å². The summed E-state index contributed by atoms with van der Waals surface area (Å²) >= 11 is 9.28. The summed E-state index contributed by atoms with van der Waals surface area (Å²) in [5, 5.41) is 0.944. The smallest absolute Gasteiger partial charge is 0.333 e. The Hall–Kier alpha value is 0.943. The van der Waals surface area contributed by atoms with E-state index < -0.39 is 0 Å². The van der Waals surface area contributed by atoms with E-state index in [1.807, 2.05) is 0 Å². The van der Waals surface area contributed by atoms with Crippen molar-refractivity contribution in [1.82, 2.24) is 0 Å². The van der Waals surface area contributed by atoms with Crippen molar-refractivity contribution in [1.29, 1.82) is 0 Å².